The van der Waals surface area contributed by atoms with Gasteiger partial charge in [-0.25, -0.2) is 0 Å². The maximum absolute atomic E-state index is 10.4. The van der Waals surface area contributed by atoms with Gasteiger partial charge >= 0.3 is 0 Å². The molecule has 0 spiro atoms. The zero-order valence-corrected chi connectivity index (χ0v) is 8.58. The van der Waals surface area contributed by atoms with Crippen LogP contribution in [0.15, 0.2) is 29.4 Å². The highest BCUT2D eigenvalue weighted by Crippen LogP contribution is 2.10. The van der Waals surface area contributed by atoms with Crippen LogP contribution >= 0.6 is 0 Å². The first-order chi connectivity index (χ1) is 7.09. The number of nitro benzene ring substituents is 1. The summed E-state index contributed by atoms with van der Waals surface area (Å²) >= 11 is 0. The number of benzene rings is 1. The van der Waals surface area contributed by atoms with Gasteiger partial charge in [0.25, 0.3) is 5.69 Å². The summed E-state index contributed by atoms with van der Waals surface area (Å²) in [5.41, 5.74) is 0.832. The van der Waals surface area contributed by atoms with Gasteiger partial charge in [0.1, 0.15) is 6.10 Å². The van der Waals surface area contributed by atoms with E-state index in [1.165, 1.54) is 18.3 Å². The Kier molecular flexibility index (Phi) is 3.79. The second-order valence-corrected chi connectivity index (χ2v) is 3.24. The Labute approximate surface area is 87.5 Å². The Bertz CT molecular complexity index is 357. The lowest BCUT2D eigenvalue weighted by molar-refractivity contribution is -0.384. The lowest BCUT2D eigenvalue weighted by Crippen LogP contribution is -1.96. The average Bonchev–Trinajstić information content (AvgIpc) is 2.18. The third kappa shape index (κ3) is 3.76. The molecule has 5 nitrogen and oxygen atoms in total. The fraction of sp³-hybridized carbons (Fsp3) is 0.300. The van der Waals surface area contributed by atoms with Gasteiger partial charge in [0, 0.05) is 12.1 Å². The largest absolute Gasteiger partial charge is 0.393 e. The van der Waals surface area contributed by atoms with Crippen LogP contribution in [-0.2, 0) is 4.84 Å². The van der Waals surface area contributed by atoms with Gasteiger partial charge in [-0.05, 0) is 31.5 Å². The molecule has 0 saturated heterocycles. The molecule has 0 radical (unpaired) electrons. The lowest BCUT2D eigenvalue weighted by atomic mass is 10.2. The third-order valence-corrected chi connectivity index (χ3v) is 1.58. The van der Waals surface area contributed by atoms with Crippen LogP contribution < -0.4 is 0 Å². The third-order valence-electron chi connectivity index (χ3n) is 1.58. The summed E-state index contributed by atoms with van der Waals surface area (Å²) in [6, 6.07) is 6.09. The van der Waals surface area contributed by atoms with Crippen LogP contribution in [0.1, 0.15) is 19.4 Å². The van der Waals surface area contributed by atoms with E-state index in [-0.39, 0.29) is 11.8 Å². The monoisotopic (exact) mass is 208 g/mol. The molecule has 0 aromatic heterocycles. The van der Waals surface area contributed by atoms with E-state index < -0.39 is 4.92 Å². The minimum atomic E-state index is -0.439. The van der Waals surface area contributed by atoms with E-state index in [2.05, 4.69) is 5.16 Å². The standard InChI is InChI=1S/C10H12N2O3/c1-8(2)15-11-7-9-3-5-10(6-4-9)12(13)14/h3-8H,1-2H3/b11-7-. The molecule has 1 aromatic rings. The zero-order chi connectivity index (χ0) is 11.3. The summed E-state index contributed by atoms with van der Waals surface area (Å²) in [4.78, 5) is 14.9. The topological polar surface area (TPSA) is 64.7 Å². The minimum Gasteiger partial charge on any atom is -0.393 e. The van der Waals surface area contributed by atoms with E-state index in [4.69, 9.17) is 4.84 Å². The Morgan fingerprint density at radius 2 is 2.00 bits per heavy atom. The van der Waals surface area contributed by atoms with Crippen LogP contribution in [0, 0.1) is 10.1 Å². The number of hydrogen-bond donors (Lipinski definition) is 0. The number of hydrogen-bond acceptors (Lipinski definition) is 4. The quantitative estimate of drug-likeness (QED) is 0.433. The van der Waals surface area contributed by atoms with Crippen molar-refractivity contribution in [1.82, 2.24) is 0 Å². The second kappa shape index (κ2) is 5.09. The molecule has 0 heterocycles. The van der Waals surface area contributed by atoms with E-state index in [9.17, 15) is 10.1 Å². The van der Waals surface area contributed by atoms with Gasteiger partial charge in [-0.1, -0.05) is 5.16 Å². The van der Waals surface area contributed by atoms with Crippen molar-refractivity contribution >= 4 is 11.9 Å². The van der Waals surface area contributed by atoms with Gasteiger partial charge in [0.2, 0.25) is 0 Å². The Morgan fingerprint density at radius 1 is 1.40 bits per heavy atom. The molecule has 0 aliphatic heterocycles. The first-order valence-electron chi connectivity index (χ1n) is 4.53. The van der Waals surface area contributed by atoms with E-state index in [1.54, 1.807) is 12.1 Å². The van der Waals surface area contributed by atoms with Gasteiger partial charge in [0.15, 0.2) is 0 Å². The molecule has 0 saturated carbocycles. The summed E-state index contributed by atoms with van der Waals surface area (Å²) in [5, 5.41) is 14.1. The normalized spacial score (nSPS) is 10.9. The predicted octanol–water partition coefficient (Wildman–Crippen LogP) is 2.35. The van der Waals surface area contributed by atoms with E-state index in [0.29, 0.717) is 0 Å². The molecule has 0 atom stereocenters. The zero-order valence-electron chi connectivity index (χ0n) is 8.58. The summed E-state index contributed by atoms with van der Waals surface area (Å²) in [6.07, 6.45) is 1.54. The molecule has 0 aliphatic carbocycles. The SMILES string of the molecule is CC(C)O/N=C\c1ccc([N+](=O)[O-])cc1. The first-order valence-corrected chi connectivity index (χ1v) is 4.53. The maximum Gasteiger partial charge on any atom is 0.269 e. The molecule has 80 valence electrons. The lowest BCUT2D eigenvalue weighted by Gasteiger charge is -2.00. The molecule has 5 heteroatoms. The van der Waals surface area contributed by atoms with Crippen molar-refractivity contribution in [2.75, 3.05) is 0 Å². The van der Waals surface area contributed by atoms with E-state index in [0.717, 1.165) is 5.56 Å². The smallest absolute Gasteiger partial charge is 0.269 e. The van der Waals surface area contributed by atoms with Crippen LogP contribution in [0.4, 0.5) is 5.69 Å². The van der Waals surface area contributed by atoms with Crippen molar-refractivity contribution in [2.45, 2.75) is 20.0 Å². The first kappa shape index (κ1) is 11.2. The van der Waals surface area contributed by atoms with Gasteiger partial charge in [-0.2, -0.15) is 0 Å². The highest BCUT2D eigenvalue weighted by atomic mass is 16.6. The molecular formula is C10H12N2O3. The predicted molar refractivity (Wildman–Crippen MR) is 56.9 cm³/mol. The van der Waals surface area contributed by atoms with E-state index >= 15 is 0 Å². The van der Waals surface area contributed by atoms with Gasteiger partial charge in [-0.3, -0.25) is 10.1 Å². The molecule has 0 amide bonds. The van der Waals surface area contributed by atoms with Crippen molar-refractivity contribution in [3.8, 4) is 0 Å². The molecule has 1 rings (SSSR count). The van der Waals surface area contributed by atoms with Crippen molar-refractivity contribution in [1.29, 1.82) is 0 Å². The molecule has 0 unspecified atom stereocenters. The van der Waals surface area contributed by atoms with Crippen LogP contribution in [0.3, 0.4) is 0 Å². The molecule has 15 heavy (non-hydrogen) atoms. The van der Waals surface area contributed by atoms with E-state index in [1.807, 2.05) is 13.8 Å². The fourth-order valence-corrected chi connectivity index (χ4v) is 0.895. The molecular weight excluding hydrogens is 196 g/mol. The molecule has 0 fully saturated rings. The number of rotatable bonds is 4. The Morgan fingerprint density at radius 3 is 2.47 bits per heavy atom. The summed E-state index contributed by atoms with van der Waals surface area (Å²) in [7, 11) is 0. The Hall–Kier alpha value is -1.91. The number of nitrogens with zero attached hydrogens (tertiary/aromatic N) is 2. The Balaban J connectivity index is 2.64. The molecule has 0 bridgehead atoms. The summed E-state index contributed by atoms with van der Waals surface area (Å²) < 4.78 is 0. The second-order valence-electron chi connectivity index (χ2n) is 3.24. The highest BCUT2D eigenvalue weighted by Gasteiger charge is 2.02. The van der Waals surface area contributed by atoms with Gasteiger partial charge in [-0.15, -0.1) is 0 Å². The van der Waals surface area contributed by atoms with Crippen molar-refractivity contribution in [3.63, 3.8) is 0 Å². The minimum absolute atomic E-state index is 0.0271. The van der Waals surface area contributed by atoms with Crippen LogP contribution in [0.2, 0.25) is 0 Å². The van der Waals surface area contributed by atoms with Crippen molar-refractivity contribution < 1.29 is 9.76 Å². The highest BCUT2D eigenvalue weighted by molar-refractivity contribution is 5.79. The van der Waals surface area contributed by atoms with Crippen LogP contribution in [0.5, 0.6) is 0 Å². The van der Waals surface area contributed by atoms with Crippen molar-refractivity contribution in [2.24, 2.45) is 5.16 Å². The fourth-order valence-electron chi connectivity index (χ4n) is 0.895. The maximum atomic E-state index is 10.4. The molecule has 0 aliphatic rings. The number of nitro groups is 1. The van der Waals surface area contributed by atoms with Crippen LogP contribution in [-0.4, -0.2) is 17.2 Å². The number of non-ortho nitro benzene ring substituents is 1. The average molecular weight is 208 g/mol. The van der Waals surface area contributed by atoms with Gasteiger partial charge in [0.05, 0.1) is 11.1 Å². The number of oxime groups is 1. The molecule has 0 N–H and O–H groups in total. The van der Waals surface area contributed by atoms with Crippen molar-refractivity contribution in [3.05, 3.63) is 39.9 Å². The van der Waals surface area contributed by atoms with Crippen LogP contribution in [0.25, 0.3) is 0 Å². The summed E-state index contributed by atoms with van der Waals surface area (Å²) in [5.74, 6) is 0. The molecule has 1 aromatic carbocycles. The summed E-state index contributed by atoms with van der Waals surface area (Å²) in [6.45, 7) is 3.74. The van der Waals surface area contributed by atoms with Gasteiger partial charge < -0.3 is 4.84 Å².